The molecule has 0 saturated heterocycles. The van der Waals surface area contributed by atoms with Crippen molar-refractivity contribution >= 4 is 11.9 Å². The van der Waals surface area contributed by atoms with Crippen LogP contribution in [0, 0.1) is 0 Å². The molecule has 5 heteroatoms. The van der Waals surface area contributed by atoms with Crippen molar-refractivity contribution < 1.29 is 23.8 Å². The van der Waals surface area contributed by atoms with Crippen LogP contribution >= 0.6 is 0 Å². The Kier molecular flexibility index (Phi) is 7.21. The molecule has 0 saturated carbocycles. The summed E-state index contributed by atoms with van der Waals surface area (Å²) in [6.07, 6.45) is 1.87. The zero-order chi connectivity index (χ0) is 18.9. The Morgan fingerprint density at radius 1 is 0.846 bits per heavy atom. The predicted octanol–water partition coefficient (Wildman–Crippen LogP) is 4.65. The number of carbonyl (C=O) groups excluding carboxylic acids is 2. The third-order valence-corrected chi connectivity index (χ3v) is 3.50. The minimum Gasteiger partial charge on any atom is -0.494 e. The minimum absolute atomic E-state index is 0.186. The van der Waals surface area contributed by atoms with Gasteiger partial charge in [0.1, 0.15) is 11.5 Å². The van der Waals surface area contributed by atoms with Crippen LogP contribution < -0.4 is 9.47 Å². The maximum atomic E-state index is 12.2. The van der Waals surface area contributed by atoms with Crippen molar-refractivity contribution in [2.45, 2.75) is 39.7 Å². The zero-order valence-corrected chi connectivity index (χ0v) is 15.4. The number of carbonyl (C=O) groups is 2. The van der Waals surface area contributed by atoms with Crippen molar-refractivity contribution in [3.05, 3.63) is 59.7 Å². The van der Waals surface area contributed by atoms with Gasteiger partial charge in [0.2, 0.25) is 0 Å². The molecule has 0 spiro atoms. The normalized spacial score (nSPS) is 10.5. The van der Waals surface area contributed by atoms with Gasteiger partial charge in [0.15, 0.2) is 0 Å². The molecule has 2 aromatic rings. The first-order chi connectivity index (χ1) is 12.5. The smallest absolute Gasteiger partial charge is 0.343 e. The molecule has 0 aliphatic rings. The highest BCUT2D eigenvalue weighted by Gasteiger charge is 2.12. The van der Waals surface area contributed by atoms with E-state index >= 15 is 0 Å². The van der Waals surface area contributed by atoms with Crippen LogP contribution in [0.2, 0.25) is 0 Å². The van der Waals surface area contributed by atoms with E-state index in [1.807, 2.05) is 0 Å². The first kappa shape index (κ1) is 19.5. The van der Waals surface area contributed by atoms with Gasteiger partial charge >= 0.3 is 11.9 Å². The second kappa shape index (κ2) is 9.61. The van der Waals surface area contributed by atoms with Crippen molar-refractivity contribution in [3.63, 3.8) is 0 Å². The van der Waals surface area contributed by atoms with Crippen LogP contribution in [-0.2, 0) is 4.74 Å². The average Bonchev–Trinajstić information content (AvgIpc) is 2.62. The summed E-state index contributed by atoms with van der Waals surface area (Å²) in [6, 6.07) is 13.1. The van der Waals surface area contributed by atoms with E-state index in [-0.39, 0.29) is 6.10 Å². The van der Waals surface area contributed by atoms with Crippen molar-refractivity contribution in [3.8, 4) is 11.5 Å². The van der Waals surface area contributed by atoms with Crippen molar-refractivity contribution in [2.75, 3.05) is 6.61 Å². The molecular formula is C21H24O5. The van der Waals surface area contributed by atoms with Gasteiger partial charge < -0.3 is 14.2 Å². The van der Waals surface area contributed by atoms with E-state index in [1.165, 1.54) is 0 Å². The van der Waals surface area contributed by atoms with E-state index in [9.17, 15) is 9.59 Å². The Hall–Kier alpha value is -2.82. The summed E-state index contributed by atoms with van der Waals surface area (Å²) in [5.74, 6) is 0.210. The monoisotopic (exact) mass is 356 g/mol. The molecule has 138 valence electrons. The van der Waals surface area contributed by atoms with E-state index in [1.54, 1.807) is 62.4 Å². The lowest BCUT2D eigenvalue weighted by atomic mass is 10.2. The summed E-state index contributed by atoms with van der Waals surface area (Å²) in [5.41, 5.74) is 0.836. The fraction of sp³-hybridized carbons (Fsp3) is 0.333. The Bertz CT molecular complexity index is 717. The highest BCUT2D eigenvalue weighted by Crippen LogP contribution is 2.17. The largest absolute Gasteiger partial charge is 0.494 e. The topological polar surface area (TPSA) is 61.8 Å². The number of esters is 2. The average molecular weight is 356 g/mol. The SMILES string of the molecule is CCCCOc1ccc(C(=O)Oc2ccc(C(=O)OC(C)C)cc2)cc1. The van der Waals surface area contributed by atoms with Crippen LogP contribution in [0.3, 0.4) is 0 Å². The van der Waals surface area contributed by atoms with Crippen molar-refractivity contribution in [2.24, 2.45) is 0 Å². The predicted molar refractivity (Wildman–Crippen MR) is 98.8 cm³/mol. The standard InChI is InChI=1S/C21H24O5/c1-4-5-14-24-18-10-6-17(7-11-18)21(23)26-19-12-8-16(9-13-19)20(22)25-15(2)3/h6-13,15H,4-5,14H2,1-3H3. The number of unbranched alkanes of at least 4 members (excludes halogenated alkanes) is 1. The number of ether oxygens (including phenoxy) is 3. The van der Waals surface area contributed by atoms with Crippen LogP contribution in [0.15, 0.2) is 48.5 Å². The van der Waals surface area contributed by atoms with Gasteiger partial charge in [-0.05, 0) is 68.8 Å². The molecule has 0 bridgehead atoms. The molecule has 26 heavy (non-hydrogen) atoms. The van der Waals surface area contributed by atoms with E-state index in [0.29, 0.717) is 23.5 Å². The van der Waals surface area contributed by atoms with Gasteiger partial charge in [-0.25, -0.2) is 9.59 Å². The quantitative estimate of drug-likeness (QED) is 0.391. The van der Waals surface area contributed by atoms with Crippen LogP contribution in [0.4, 0.5) is 0 Å². The molecule has 2 aromatic carbocycles. The van der Waals surface area contributed by atoms with Gasteiger partial charge in [-0.15, -0.1) is 0 Å². The molecule has 0 aliphatic carbocycles. The summed E-state index contributed by atoms with van der Waals surface area (Å²) < 4.78 is 16.0. The highest BCUT2D eigenvalue weighted by molar-refractivity contribution is 5.92. The molecule has 0 N–H and O–H groups in total. The van der Waals surface area contributed by atoms with Gasteiger partial charge in [0.25, 0.3) is 0 Å². The molecule has 0 heterocycles. The lowest BCUT2D eigenvalue weighted by Crippen LogP contribution is -2.12. The first-order valence-electron chi connectivity index (χ1n) is 8.75. The van der Waals surface area contributed by atoms with Gasteiger partial charge in [-0.3, -0.25) is 0 Å². The molecule has 0 unspecified atom stereocenters. The molecule has 5 nitrogen and oxygen atoms in total. The molecule has 2 rings (SSSR count). The van der Waals surface area contributed by atoms with E-state index in [2.05, 4.69) is 6.92 Å². The summed E-state index contributed by atoms with van der Waals surface area (Å²) in [6.45, 7) is 6.33. The first-order valence-corrected chi connectivity index (χ1v) is 8.75. The molecule has 0 fully saturated rings. The summed E-state index contributed by atoms with van der Waals surface area (Å²) in [7, 11) is 0. The maximum absolute atomic E-state index is 12.2. The lowest BCUT2D eigenvalue weighted by molar-refractivity contribution is 0.0378. The van der Waals surface area contributed by atoms with Crippen molar-refractivity contribution in [1.82, 2.24) is 0 Å². The Morgan fingerprint density at radius 2 is 1.38 bits per heavy atom. The summed E-state index contributed by atoms with van der Waals surface area (Å²) in [4.78, 5) is 24.0. The summed E-state index contributed by atoms with van der Waals surface area (Å²) in [5, 5.41) is 0. The second-order valence-corrected chi connectivity index (χ2v) is 6.09. The Morgan fingerprint density at radius 3 is 1.92 bits per heavy atom. The van der Waals surface area contributed by atoms with E-state index < -0.39 is 11.9 Å². The van der Waals surface area contributed by atoms with Gasteiger partial charge in [0, 0.05) is 0 Å². The molecule has 0 aromatic heterocycles. The Labute approximate surface area is 153 Å². The summed E-state index contributed by atoms with van der Waals surface area (Å²) >= 11 is 0. The van der Waals surface area contributed by atoms with E-state index in [4.69, 9.17) is 14.2 Å². The fourth-order valence-electron chi connectivity index (χ4n) is 2.13. The zero-order valence-electron chi connectivity index (χ0n) is 15.4. The molecule has 0 atom stereocenters. The maximum Gasteiger partial charge on any atom is 0.343 e. The van der Waals surface area contributed by atoms with Crippen molar-refractivity contribution in [1.29, 1.82) is 0 Å². The Balaban J connectivity index is 1.93. The molecule has 0 aliphatic heterocycles. The van der Waals surface area contributed by atoms with Crippen LogP contribution in [-0.4, -0.2) is 24.6 Å². The molecule has 0 amide bonds. The lowest BCUT2D eigenvalue weighted by Gasteiger charge is -2.09. The third-order valence-electron chi connectivity index (χ3n) is 3.50. The van der Waals surface area contributed by atoms with Gasteiger partial charge in [0.05, 0.1) is 23.8 Å². The second-order valence-electron chi connectivity index (χ2n) is 6.09. The number of hydrogen-bond donors (Lipinski definition) is 0. The van der Waals surface area contributed by atoms with Crippen LogP contribution in [0.25, 0.3) is 0 Å². The number of hydrogen-bond acceptors (Lipinski definition) is 5. The number of rotatable bonds is 8. The number of benzene rings is 2. The van der Waals surface area contributed by atoms with E-state index in [0.717, 1.165) is 18.6 Å². The molecule has 0 radical (unpaired) electrons. The van der Waals surface area contributed by atoms with Crippen LogP contribution in [0.5, 0.6) is 11.5 Å². The van der Waals surface area contributed by atoms with Gasteiger partial charge in [-0.1, -0.05) is 13.3 Å². The third kappa shape index (κ3) is 5.92. The molecular weight excluding hydrogens is 332 g/mol. The fourth-order valence-corrected chi connectivity index (χ4v) is 2.13. The minimum atomic E-state index is -0.470. The highest BCUT2D eigenvalue weighted by atomic mass is 16.5. The van der Waals surface area contributed by atoms with Gasteiger partial charge in [-0.2, -0.15) is 0 Å². The van der Waals surface area contributed by atoms with Crippen LogP contribution in [0.1, 0.15) is 54.3 Å².